The topological polar surface area (TPSA) is 49.3 Å². The molecule has 132 valence electrons. The highest BCUT2D eigenvalue weighted by Gasteiger charge is 2.31. The van der Waals surface area contributed by atoms with Crippen molar-refractivity contribution < 1.29 is 9.90 Å². The van der Waals surface area contributed by atoms with Crippen LogP contribution in [-0.4, -0.2) is 16.6 Å². The largest absolute Gasteiger partial charge is 0.480 e. The van der Waals surface area contributed by atoms with E-state index in [4.69, 9.17) is 16.9 Å². The van der Waals surface area contributed by atoms with Crippen LogP contribution in [0.4, 0.5) is 0 Å². The van der Waals surface area contributed by atoms with E-state index in [9.17, 15) is 4.79 Å². The van der Waals surface area contributed by atoms with Crippen LogP contribution in [0.15, 0.2) is 0 Å². The highest BCUT2D eigenvalue weighted by molar-refractivity contribution is 6.15. The summed E-state index contributed by atoms with van der Waals surface area (Å²) in [6.07, 6.45) is 17.4. The number of hydrogen-bond acceptors (Lipinski definition) is 2. The summed E-state index contributed by atoms with van der Waals surface area (Å²) in [6, 6.07) is 0. The van der Waals surface area contributed by atoms with E-state index in [0.717, 1.165) is 12.8 Å². The Morgan fingerprint density at radius 3 is 1.55 bits per heavy atom. The zero-order valence-electron chi connectivity index (χ0n) is 14.6. The molecule has 0 fully saturated rings. The van der Waals surface area contributed by atoms with E-state index in [2.05, 4.69) is 11.8 Å². The molecule has 22 heavy (non-hydrogen) atoms. The Balaban J connectivity index is 3.29. The summed E-state index contributed by atoms with van der Waals surface area (Å²) in [5, 5.41) is 9.08. The highest BCUT2D eigenvalue weighted by atomic mass is 35.5. The standard InChI is InChI=1S/C18H36ClNO2/c1-3-4-5-6-7-8-9-10-11-12-13-14-15-16-18(2,20-19)17(21)22/h20H,3-16H2,1-2H3,(H,21,22). The van der Waals surface area contributed by atoms with E-state index in [-0.39, 0.29) is 0 Å². The van der Waals surface area contributed by atoms with E-state index in [0.29, 0.717) is 6.42 Å². The van der Waals surface area contributed by atoms with Crippen molar-refractivity contribution in [3.8, 4) is 0 Å². The van der Waals surface area contributed by atoms with Gasteiger partial charge in [0.05, 0.1) is 0 Å². The Bertz CT molecular complexity index is 274. The second-order valence-corrected chi connectivity index (χ2v) is 6.91. The minimum Gasteiger partial charge on any atom is -0.480 e. The third-order valence-corrected chi connectivity index (χ3v) is 4.88. The van der Waals surface area contributed by atoms with E-state index in [1.165, 1.54) is 70.6 Å². The van der Waals surface area contributed by atoms with Crippen molar-refractivity contribution in [2.24, 2.45) is 0 Å². The van der Waals surface area contributed by atoms with Gasteiger partial charge < -0.3 is 5.11 Å². The van der Waals surface area contributed by atoms with Crippen LogP contribution < -0.4 is 4.84 Å². The molecule has 0 heterocycles. The van der Waals surface area contributed by atoms with Crippen molar-refractivity contribution in [3.63, 3.8) is 0 Å². The maximum absolute atomic E-state index is 11.1. The van der Waals surface area contributed by atoms with Crippen molar-refractivity contribution in [2.75, 3.05) is 0 Å². The average molecular weight is 334 g/mol. The van der Waals surface area contributed by atoms with E-state index < -0.39 is 11.5 Å². The van der Waals surface area contributed by atoms with Gasteiger partial charge >= 0.3 is 5.97 Å². The monoisotopic (exact) mass is 333 g/mol. The first kappa shape index (κ1) is 21.7. The van der Waals surface area contributed by atoms with E-state index in [1.54, 1.807) is 6.92 Å². The summed E-state index contributed by atoms with van der Waals surface area (Å²) < 4.78 is 0. The fraction of sp³-hybridized carbons (Fsp3) is 0.944. The molecule has 0 aromatic heterocycles. The van der Waals surface area contributed by atoms with Gasteiger partial charge in [0.1, 0.15) is 5.54 Å². The highest BCUT2D eigenvalue weighted by Crippen LogP contribution is 2.18. The van der Waals surface area contributed by atoms with Crippen molar-refractivity contribution in [1.82, 2.24) is 4.84 Å². The van der Waals surface area contributed by atoms with Gasteiger partial charge in [-0.3, -0.25) is 4.79 Å². The van der Waals surface area contributed by atoms with Gasteiger partial charge in [-0.2, -0.15) is 0 Å². The lowest BCUT2D eigenvalue weighted by Crippen LogP contribution is -2.44. The first-order valence-corrected chi connectivity index (χ1v) is 9.56. The number of halogens is 1. The number of aliphatic carboxylic acids is 1. The zero-order chi connectivity index (χ0) is 16.7. The van der Waals surface area contributed by atoms with Crippen LogP contribution >= 0.6 is 11.8 Å². The molecule has 0 bridgehead atoms. The molecule has 4 heteroatoms. The summed E-state index contributed by atoms with van der Waals surface area (Å²) in [5.41, 5.74) is -0.987. The van der Waals surface area contributed by atoms with Gasteiger partial charge in [-0.25, -0.2) is 4.84 Å². The van der Waals surface area contributed by atoms with Gasteiger partial charge in [0.25, 0.3) is 0 Å². The fourth-order valence-corrected chi connectivity index (χ4v) is 2.87. The van der Waals surface area contributed by atoms with Gasteiger partial charge in [0, 0.05) is 0 Å². The van der Waals surface area contributed by atoms with Crippen molar-refractivity contribution in [2.45, 2.75) is 109 Å². The summed E-state index contributed by atoms with van der Waals surface area (Å²) in [4.78, 5) is 13.4. The quantitative estimate of drug-likeness (QED) is 0.267. The van der Waals surface area contributed by atoms with E-state index in [1.807, 2.05) is 0 Å². The Morgan fingerprint density at radius 2 is 1.23 bits per heavy atom. The lowest BCUT2D eigenvalue weighted by Gasteiger charge is -2.22. The van der Waals surface area contributed by atoms with Crippen LogP contribution in [0.2, 0.25) is 0 Å². The number of hydrogen-bond donors (Lipinski definition) is 2. The summed E-state index contributed by atoms with van der Waals surface area (Å²) in [6.45, 7) is 3.90. The van der Waals surface area contributed by atoms with Gasteiger partial charge in [0.15, 0.2) is 0 Å². The molecule has 0 saturated carbocycles. The first-order valence-electron chi connectivity index (χ1n) is 9.18. The van der Waals surface area contributed by atoms with Crippen molar-refractivity contribution in [3.05, 3.63) is 0 Å². The predicted octanol–water partition coefficient (Wildman–Crippen LogP) is 6.05. The molecule has 0 spiro atoms. The lowest BCUT2D eigenvalue weighted by atomic mass is 9.95. The molecular weight excluding hydrogens is 298 g/mol. The molecule has 1 atom stereocenters. The van der Waals surface area contributed by atoms with Crippen LogP contribution in [0.1, 0.15) is 104 Å². The van der Waals surface area contributed by atoms with Crippen molar-refractivity contribution >= 4 is 17.7 Å². The van der Waals surface area contributed by atoms with Crippen LogP contribution in [0, 0.1) is 0 Å². The second kappa shape index (κ2) is 14.3. The van der Waals surface area contributed by atoms with Crippen LogP contribution in [0.5, 0.6) is 0 Å². The minimum absolute atomic E-state index is 0.587. The minimum atomic E-state index is -0.987. The lowest BCUT2D eigenvalue weighted by molar-refractivity contribution is -0.143. The maximum atomic E-state index is 11.1. The smallest absolute Gasteiger partial charge is 0.324 e. The van der Waals surface area contributed by atoms with Crippen molar-refractivity contribution in [1.29, 1.82) is 0 Å². The zero-order valence-corrected chi connectivity index (χ0v) is 15.4. The Morgan fingerprint density at radius 1 is 0.864 bits per heavy atom. The number of carbonyl (C=O) groups is 1. The summed E-state index contributed by atoms with van der Waals surface area (Å²) >= 11 is 5.52. The summed E-state index contributed by atoms with van der Waals surface area (Å²) in [5.74, 6) is -0.874. The number of rotatable bonds is 16. The molecule has 0 aliphatic carbocycles. The molecule has 0 saturated heterocycles. The molecular formula is C18H36ClNO2. The molecule has 3 nitrogen and oxygen atoms in total. The fourth-order valence-electron chi connectivity index (χ4n) is 2.69. The molecule has 1 unspecified atom stereocenters. The van der Waals surface area contributed by atoms with E-state index >= 15 is 0 Å². The van der Waals surface area contributed by atoms with Gasteiger partial charge in [-0.15, -0.1) is 0 Å². The molecule has 0 aromatic rings. The predicted molar refractivity (Wildman–Crippen MR) is 95.3 cm³/mol. The Hall–Kier alpha value is -0.280. The molecule has 0 aliphatic heterocycles. The Kier molecular flexibility index (Phi) is 14.1. The van der Waals surface area contributed by atoms with Gasteiger partial charge in [-0.05, 0) is 25.1 Å². The molecule has 0 aromatic carbocycles. The maximum Gasteiger partial charge on any atom is 0.324 e. The first-order chi connectivity index (χ1) is 10.6. The summed E-state index contributed by atoms with van der Waals surface area (Å²) in [7, 11) is 0. The molecule has 0 rings (SSSR count). The number of unbranched alkanes of at least 4 members (excludes halogenated alkanes) is 12. The average Bonchev–Trinajstić information content (AvgIpc) is 2.51. The molecule has 2 N–H and O–H groups in total. The van der Waals surface area contributed by atoms with Crippen LogP contribution in [0.3, 0.4) is 0 Å². The molecule has 0 aliphatic rings. The Labute approximate surface area is 142 Å². The third kappa shape index (κ3) is 11.3. The van der Waals surface area contributed by atoms with Crippen LogP contribution in [0.25, 0.3) is 0 Å². The SMILES string of the molecule is CCCCCCCCCCCCCCCC(C)(NCl)C(=O)O. The second-order valence-electron chi connectivity index (χ2n) is 6.72. The molecule has 0 radical (unpaired) electrons. The number of carboxylic acid groups (broad SMARTS) is 1. The number of nitrogens with one attached hydrogen (secondary N) is 1. The number of carboxylic acids is 1. The van der Waals surface area contributed by atoms with Gasteiger partial charge in [0.2, 0.25) is 0 Å². The van der Waals surface area contributed by atoms with Gasteiger partial charge in [-0.1, -0.05) is 90.4 Å². The third-order valence-electron chi connectivity index (χ3n) is 4.46. The normalized spacial score (nSPS) is 14.0. The van der Waals surface area contributed by atoms with Crippen LogP contribution in [-0.2, 0) is 4.79 Å². The molecule has 0 amide bonds.